The van der Waals surface area contributed by atoms with Crippen molar-refractivity contribution in [2.45, 2.75) is 69.9 Å². The molecule has 2 aromatic carbocycles. The van der Waals surface area contributed by atoms with Crippen LogP contribution in [0.4, 0.5) is 4.39 Å². The number of aliphatic hydroxyl groups excluding tert-OH is 1. The minimum atomic E-state index is -0.680. The van der Waals surface area contributed by atoms with E-state index in [0.717, 1.165) is 67.4 Å². The summed E-state index contributed by atoms with van der Waals surface area (Å²) in [6.45, 7) is 2.87. The summed E-state index contributed by atoms with van der Waals surface area (Å²) < 4.78 is 13.5. The van der Waals surface area contributed by atoms with Crippen LogP contribution in [-0.4, -0.2) is 52.2 Å². The van der Waals surface area contributed by atoms with E-state index in [1.807, 2.05) is 17.0 Å². The number of likely N-dealkylation sites (tertiary alicyclic amines) is 1. The van der Waals surface area contributed by atoms with Crippen LogP contribution in [0.15, 0.2) is 30.3 Å². The molecule has 0 bridgehead atoms. The van der Waals surface area contributed by atoms with Gasteiger partial charge in [0.1, 0.15) is 6.17 Å². The number of piperidine rings is 1. The number of carbonyl (C=O) groups excluding carboxylic acids is 1. The lowest BCUT2D eigenvalue weighted by atomic mass is 9.91. The fraction of sp³-hybridized carbons (Fsp3) is 0.542. The van der Waals surface area contributed by atoms with Crippen molar-refractivity contribution in [2.24, 2.45) is 0 Å². The van der Waals surface area contributed by atoms with Crippen molar-refractivity contribution in [3.05, 3.63) is 47.0 Å². The van der Waals surface area contributed by atoms with Gasteiger partial charge in [-0.2, -0.15) is 0 Å². The second-order valence-electron chi connectivity index (χ2n) is 8.91. The average Bonchev–Trinajstić information content (AvgIpc) is 3.07. The summed E-state index contributed by atoms with van der Waals surface area (Å²) in [5.74, 6) is 0.0559. The zero-order chi connectivity index (χ0) is 20.0. The van der Waals surface area contributed by atoms with Gasteiger partial charge in [0.15, 0.2) is 0 Å². The highest BCUT2D eigenvalue weighted by Crippen LogP contribution is 2.37. The van der Waals surface area contributed by atoms with Gasteiger partial charge in [-0.1, -0.05) is 37.1 Å². The van der Waals surface area contributed by atoms with Gasteiger partial charge < -0.3 is 10.0 Å². The molecule has 2 fully saturated rings. The Bertz CT molecular complexity index is 922. The van der Waals surface area contributed by atoms with E-state index in [-0.39, 0.29) is 11.9 Å². The second kappa shape index (κ2) is 7.69. The van der Waals surface area contributed by atoms with Crippen molar-refractivity contribution in [3.63, 3.8) is 0 Å². The number of alkyl halides is 1. The van der Waals surface area contributed by atoms with E-state index in [0.29, 0.717) is 19.4 Å². The van der Waals surface area contributed by atoms with E-state index < -0.39 is 12.3 Å². The Hall–Kier alpha value is -1.98. The first kappa shape index (κ1) is 19.0. The van der Waals surface area contributed by atoms with Gasteiger partial charge in [-0.15, -0.1) is 0 Å². The molecule has 5 rings (SSSR count). The summed E-state index contributed by atoms with van der Waals surface area (Å²) in [4.78, 5) is 17.5. The molecule has 1 N–H and O–H groups in total. The molecule has 2 unspecified atom stereocenters. The average molecular weight is 397 g/mol. The summed E-state index contributed by atoms with van der Waals surface area (Å²) >= 11 is 0. The van der Waals surface area contributed by atoms with Gasteiger partial charge in [0, 0.05) is 31.7 Å². The van der Waals surface area contributed by atoms with E-state index in [1.54, 1.807) is 0 Å². The van der Waals surface area contributed by atoms with Gasteiger partial charge in [0.25, 0.3) is 5.91 Å². The van der Waals surface area contributed by atoms with Crippen molar-refractivity contribution >= 4 is 16.7 Å². The van der Waals surface area contributed by atoms with Crippen LogP contribution in [0.3, 0.4) is 0 Å². The van der Waals surface area contributed by atoms with Crippen molar-refractivity contribution < 1.29 is 14.3 Å². The molecule has 2 atom stereocenters. The van der Waals surface area contributed by atoms with Gasteiger partial charge in [-0.25, -0.2) is 4.39 Å². The summed E-state index contributed by atoms with van der Waals surface area (Å²) in [5.41, 5.74) is 3.03. The fourth-order valence-corrected chi connectivity index (χ4v) is 5.42. The van der Waals surface area contributed by atoms with Crippen LogP contribution in [0.2, 0.25) is 0 Å². The summed E-state index contributed by atoms with van der Waals surface area (Å²) in [5, 5.41) is 12.8. The largest absolute Gasteiger partial charge is 0.391 e. The number of hydrogen-bond acceptors (Lipinski definition) is 3. The van der Waals surface area contributed by atoms with Gasteiger partial charge in [-0.05, 0) is 53.6 Å². The zero-order valence-corrected chi connectivity index (χ0v) is 16.8. The zero-order valence-electron chi connectivity index (χ0n) is 16.8. The molecule has 2 heterocycles. The molecule has 0 aromatic heterocycles. The highest BCUT2D eigenvalue weighted by Gasteiger charge is 2.38. The van der Waals surface area contributed by atoms with Gasteiger partial charge >= 0.3 is 0 Å². The monoisotopic (exact) mass is 396 g/mol. The van der Waals surface area contributed by atoms with Gasteiger partial charge in [-0.3, -0.25) is 9.69 Å². The van der Waals surface area contributed by atoms with E-state index in [9.17, 15) is 14.3 Å². The number of nitrogens with zero attached hydrogens (tertiary/aromatic N) is 2. The Labute approximate surface area is 171 Å². The molecule has 3 aliphatic rings. The summed E-state index contributed by atoms with van der Waals surface area (Å²) in [6.07, 6.45) is 3.85. The third-order valence-electron chi connectivity index (χ3n) is 7.07. The molecule has 1 aliphatic carbocycles. The fourth-order valence-electron chi connectivity index (χ4n) is 5.42. The highest BCUT2D eigenvalue weighted by atomic mass is 19.1. The van der Waals surface area contributed by atoms with Crippen LogP contribution in [0.5, 0.6) is 0 Å². The third kappa shape index (κ3) is 3.44. The minimum Gasteiger partial charge on any atom is -0.391 e. The predicted octanol–water partition coefficient (Wildman–Crippen LogP) is 4.03. The van der Waals surface area contributed by atoms with E-state index in [2.05, 4.69) is 23.1 Å². The lowest BCUT2D eigenvalue weighted by molar-refractivity contribution is 0.0192. The van der Waals surface area contributed by atoms with Crippen LogP contribution in [-0.2, 0) is 13.1 Å². The molecule has 0 radical (unpaired) electrons. The number of halogens is 1. The number of benzene rings is 2. The first-order chi connectivity index (χ1) is 14.1. The van der Waals surface area contributed by atoms with Crippen molar-refractivity contribution in [1.82, 2.24) is 9.80 Å². The maximum absolute atomic E-state index is 13.5. The molecule has 5 heteroatoms. The Morgan fingerprint density at radius 3 is 2.52 bits per heavy atom. The number of carbonyl (C=O) groups is 1. The summed E-state index contributed by atoms with van der Waals surface area (Å²) in [7, 11) is 0. The van der Waals surface area contributed by atoms with E-state index >= 15 is 0 Å². The number of fused-ring (bicyclic) bond motifs is 3. The van der Waals surface area contributed by atoms with Crippen LogP contribution in [0.25, 0.3) is 10.8 Å². The minimum absolute atomic E-state index is 0.0559. The van der Waals surface area contributed by atoms with E-state index in [4.69, 9.17) is 0 Å². The molecule has 1 amide bonds. The van der Waals surface area contributed by atoms with Crippen molar-refractivity contribution in [3.8, 4) is 0 Å². The van der Waals surface area contributed by atoms with Crippen LogP contribution < -0.4 is 0 Å². The third-order valence-corrected chi connectivity index (χ3v) is 7.07. The normalized spacial score (nSPS) is 26.3. The molecule has 2 aliphatic heterocycles. The Kier molecular flexibility index (Phi) is 5.04. The molecule has 154 valence electrons. The SMILES string of the molecule is O=C1c2cc(CN3CCC(F)CC3)c3ccccc3c2CN1C1CCCCC1O. The van der Waals surface area contributed by atoms with Crippen molar-refractivity contribution in [1.29, 1.82) is 0 Å². The van der Waals surface area contributed by atoms with Crippen molar-refractivity contribution in [2.75, 3.05) is 13.1 Å². The number of amides is 1. The number of hydrogen-bond donors (Lipinski definition) is 1. The van der Waals surface area contributed by atoms with Gasteiger partial charge in [0.05, 0.1) is 12.1 Å². The van der Waals surface area contributed by atoms with Crippen LogP contribution >= 0.6 is 0 Å². The molecule has 2 aromatic rings. The first-order valence-corrected chi connectivity index (χ1v) is 11.0. The Morgan fingerprint density at radius 1 is 1.03 bits per heavy atom. The number of rotatable bonds is 3. The first-order valence-electron chi connectivity index (χ1n) is 11.0. The number of aliphatic hydroxyl groups is 1. The van der Waals surface area contributed by atoms with Gasteiger partial charge in [0.2, 0.25) is 0 Å². The van der Waals surface area contributed by atoms with Crippen LogP contribution in [0.1, 0.15) is 60.0 Å². The highest BCUT2D eigenvalue weighted by molar-refractivity contribution is 6.05. The molecule has 29 heavy (non-hydrogen) atoms. The lowest BCUT2D eigenvalue weighted by Gasteiger charge is -2.35. The second-order valence-corrected chi connectivity index (χ2v) is 8.91. The Morgan fingerprint density at radius 2 is 1.76 bits per heavy atom. The molecule has 0 spiro atoms. The molecule has 1 saturated heterocycles. The topological polar surface area (TPSA) is 43.8 Å². The smallest absolute Gasteiger partial charge is 0.254 e. The molecule has 1 saturated carbocycles. The van der Waals surface area contributed by atoms with E-state index in [1.165, 1.54) is 5.39 Å². The standard InChI is InChI=1S/C24H29FN2O2/c25-17-9-11-26(12-10-17)14-16-13-20-21(19-6-2-1-5-18(16)19)15-27(24(20)29)22-7-3-4-8-23(22)28/h1-2,5-6,13,17,22-23,28H,3-4,7-12,14-15H2. The molecular weight excluding hydrogens is 367 g/mol. The predicted molar refractivity (Wildman–Crippen MR) is 111 cm³/mol. The maximum Gasteiger partial charge on any atom is 0.254 e. The maximum atomic E-state index is 13.5. The van der Waals surface area contributed by atoms with Crippen LogP contribution in [0, 0.1) is 0 Å². The summed E-state index contributed by atoms with van der Waals surface area (Å²) in [6, 6.07) is 10.3. The molecular formula is C24H29FN2O2. The lowest BCUT2D eigenvalue weighted by Crippen LogP contribution is -2.45. The quantitative estimate of drug-likeness (QED) is 0.852. The Balaban J connectivity index is 1.49. The molecule has 4 nitrogen and oxygen atoms in total.